The number of hydrogen-bond acceptors (Lipinski definition) is 5. The van der Waals surface area contributed by atoms with Gasteiger partial charge in [-0.2, -0.15) is 5.26 Å². The summed E-state index contributed by atoms with van der Waals surface area (Å²) in [6.07, 6.45) is 3.52. The number of rotatable bonds is 4. The second-order valence-electron chi connectivity index (χ2n) is 6.51. The lowest BCUT2D eigenvalue weighted by atomic mass is 9.99. The van der Waals surface area contributed by atoms with Crippen LogP contribution in [0, 0.1) is 11.3 Å². The molecule has 0 bridgehead atoms. The van der Waals surface area contributed by atoms with Crippen LogP contribution in [0.1, 0.15) is 31.2 Å². The van der Waals surface area contributed by atoms with Crippen molar-refractivity contribution in [2.75, 3.05) is 0 Å². The second kappa shape index (κ2) is 8.08. The van der Waals surface area contributed by atoms with E-state index in [0.717, 1.165) is 41.0 Å². The normalized spacial score (nSPS) is 16.9. The predicted molar refractivity (Wildman–Crippen MR) is 111 cm³/mol. The zero-order valence-electron chi connectivity index (χ0n) is 14.7. The van der Waals surface area contributed by atoms with Crippen LogP contribution in [0.5, 0.6) is 0 Å². The van der Waals surface area contributed by atoms with E-state index in [2.05, 4.69) is 6.07 Å². The van der Waals surface area contributed by atoms with E-state index in [1.165, 1.54) is 11.8 Å². The van der Waals surface area contributed by atoms with Gasteiger partial charge in [-0.15, -0.1) is 11.3 Å². The van der Waals surface area contributed by atoms with E-state index in [0.29, 0.717) is 17.0 Å². The number of nitriles is 1. The summed E-state index contributed by atoms with van der Waals surface area (Å²) in [7, 11) is 0. The van der Waals surface area contributed by atoms with Gasteiger partial charge in [-0.05, 0) is 35.9 Å². The molecule has 1 aliphatic rings. The van der Waals surface area contributed by atoms with Crippen LogP contribution in [-0.4, -0.2) is 16.0 Å². The summed E-state index contributed by atoms with van der Waals surface area (Å²) in [6.45, 7) is 0. The predicted octanol–water partition coefficient (Wildman–Crippen LogP) is 5.95. The molecule has 1 aromatic carbocycles. The van der Waals surface area contributed by atoms with Crippen LogP contribution < -0.4 is 0 Å². The molecule has 134 valence electrons. The number of nitrogens with zero attached hydrogens (tertiary/aromatic N) is 2. The number of benzene rings is 1. The molecule has 0 N–H and O–H groups in total. The van der Waals surface area contributed by atoms with Crippen molar-refractivity contribution in [2.45, 2.75) is 36.0 Å². The number of aromatic nitrogens is 1. The van der Waals surface area contributed by atoms with Crippen LogP contribution in [0.4, 0.5) is 0 Å². The summed E-state index contributed by atoms with van der Waals surface area (Å²) in [4.78, 5) is 18.2. The van der Waals surface area contributed by atoms with Gasteiger partial charge in [-0.1, -0.05) is 54.6 Å². The first-order chi connectivity index (χ1) is 13.3. The van der Waals surface area contributed by atoms with Gasteiger partial charge in [0.2, 0.25) is 0 Å². The molecule has 0 saturated heterocycles. The van der Waals surface area contributed by atoms with Crippen LogP contribution in [0.2, 0.25) is 0 Å². The lowest BCUT2D eigenvalue weighted by Crippen LogP contribution is -2.21. The quantitative estimate of drug-likeness (QED) is 0.552. The Morgan fingerprint density at radius 2 is 2.00 bits per heavy atom. The van der Waals surface area contributed by atoms with Crippen molar-refractivity contribution in [3.05, 3.63) is 59.5 Å². The highest BCUT2D eigenvalue weighted by Gasteiger charge is 2.26. The molecular formula is C22H18N2OS2. The monoisotopic (exact) mass is 390 g/mol. The van der Waals surface area contributed by atoms with Gasteiger partial charge in [0.25, 0.3) is 0 Å². The Hall–Kier alpha value is -2.42. The minimum atomic E-state index is -0.0967. The Kier molecular flexibility index (Phi) is 5.38. The molecule has 2 heterocycles. The first kappa shape index (κ1) is 18.0. The molecule has 0 unspecified atom stereocenters. The highest BCUT2D eigenvalue weighted by molar-refractivity contribution is 8.00. The van der Waals surface area contributed by atoms with E-state index < -0.39 is 0 Å². The summed E-state index contributed by atoms with van der Waals surface area (Å²) in [5.74, 6) is 0.278. The van der Waals surface area contributed by atoms with Gasteiger partial charge >= 0.3 is 0 Å². The first-order valence-corrected chi connectivity index (χ1v) is 10.8. The molecule has 0 amide bonds. The third kappa shape index (κ3) is 3.83. The summed E-state index contributed by atoms with van der Waals surface area (Å²) in [6, 6.07) is 18.3. The third-order valence-corrected chi connectivity index (χ3v) is 6.90. The number of thioether (sulfide) groups is 1. The largest absolute Gasteiger partial charge is 0.298 e. The SMILES string of the molecule is N#Cc1c(-c2ccccc2)cc(-c2cccs2)nc1S[C@@H]1CCCCC1=O. The highest BCUT2D eigenvalue weighted by atomic mass is 32.2. The van der Waals surface area contributed by atoms with Gasteiger partial charge in [0.1, 0.15) is 16.9 Å². The molecule has 1 saturated carbocycles. The fourth-order valence-electron chi connectivity index (χ4n) is 3.32. The Morgan fingerprint density at radius 1 is 1.15 bits per heavy atom. The first-order valence-electron chi connectivity index (χ1n) is 9.00. The molecule has 1 aliphatic carbocycles. The molecule has 1 fully saturated rings. The lowest BCUT2D eigenvalue weighted by molar-refractivity contribution is -0.119. The maximum absolute atomic E-state index is 12.3. The average Bonchev–Trinajstić information content (AvgIpc) is 3.25. The van der Waals surface area contributed by atoms with E-state index >= 15 is 0 Å². The molecule has 27 heavy (non-hydrogen) atoms. The van der Waals surface area contributed by atoms with Crippen molar-refractivity contribution in [1.82, 2.24) is 4.98 Å². The van der Waals surface area contributed by atoms with Gasteiger partial charge in [0.05, 0.1) is 21.4 Å². The van der Waals surface area contributed by atoms with Crippen molar-refractivity contribution in [1.29, 1.82) is 5.26 Å². The number of thiophene rings is 1. The Morgan fingerprint density at radius 3 is 2.70 bits per heavy atom. The van der Waals surface area contributed by atoms with Crippen LogP contribution in [0.3, 0.4) is 0 Å². The summed E-state index contributed by atoms with van der Waals surface area (Å²) in [5.41, 5.74) is 3.28. The van der Waals surface area contributed by atoms with Crippen molar-refractivity contribution in [3.63, 3.8) is 0 Å². The van der Waals surface area contributed by atoms with Gasteiger partial charge in [0.15, 0.2) is 0 Å². The van der Waals surface area contributed by atoms with Gasteiger partial charge in [-0.3, -0.25) is 4.79 Å². The molecular weight excluding hydrogens is 372 g/mol. The third-order valence-electron chi connectivity index (χ3n) is 4.71. The van der Waals surface area contributed by atoms with E-state index in [1.807, 2.05) is 53.9 Å². The van der Waals surface area contributed by atoms with Gasteiger partial charge in [0, 0.05) is 12.0 Å². The van der Waals surface area contributed by atoms with Crippen LogP contribution in [-0.2, 0) is 4.79 Å². The van der Waals surface area contributed by atoms with Crippen molar-refractivity contribution in [2.24, 2.45) is 0 Å². The van der Waals surface area contributed by atoms with Crippen LogP contribution >= 0.6 is 23.1 Å². The maximum Gasteiger partial charge on any atom is 0.146 e. The number of hydrogen-bond donors (Lipinski definition) is 0. The Bertz CT molecular complexity index is 991. The van der Waals surface area contributed by atoms with Gasteiger partial charge in [-0.25, -0.2) is 4.98 Å². The molecule has 0 aliphatic heterocycles. The van der Waals surface area contributed by atoms with E-state index in [4.69, 9.17) is 4.98 Å². The molecule has 3 aromatic rings. The number of carbonyl (C=O) groups is 1. The van der Waals surface area contributed by atoms with Crippen LogP contribution in [0.15, 0.2) is 58.9 Å². The maximum atomic E-state index is 12.3. The lowest BCUT2D eigenvalue weighted by Gasteiger charge is -2.20. The standard InChI is InChI=1S/C22H18N2OS2/c23-14-17-16(15-7-2-1-3-8-15)13-18(20-11-6-12-26-20)24-22(17)27-21-10-5-4-9-19(21)25/h1-3,6-8,11-13,21H,4-5,9-10H2/t21-/m1/s1. The second-order valence-corrected chi connectivity index (χ2v) is 8.65. The molecule has 2 aromatic heterocycles. The minimum Gasteiger partial charge on any atom is -0.298 e. The average molecular weight is 391 g/mol. The highest BCUT2D eigenvalue weighted by Crippen LogP contribution is 2.38. The van der Waals surface area contributed by atoms with E-state index in [9.17, 15) is 10.1 Å². The summed E-state index contributed by atoms with van der Waals surface area (Å²) in [5, 5.41) is 12.5. The van der Waals surface area contributed by atoms with Crippen molar-refractivity contribution >= 4 is 28.9 Å². The Labute approximate surface area is 167 Å². The smallest absolute Gasteiger partial charge is 0.146 e. The fraction of sp³-hybridized carbons (Fsp3) is 0.227. The number of carbonyl (C=O) groups excluding carboxylic acids is 1. The van der Waals surface area contributed by atoms with E-state index in [1.54, 1.807) is 11.3 Å². The molecule has 0 spiro atoms. The minimum absolute atomic E-state index is 0.0967. The fourth-order valence-corrected chi connectivity index (χ4v) is 5.24. The molecule has 3 nitrogen and oxygen atoms in total. The zero-order chi connectivity index (χ0) is 18.6. The topological polar surface area (TPSA) is 53.8 Å². The number of pyridine rings is 1. The molecule has 1 atom stereocenters. The molecule has 0 radical (unpaired) electrons. The number of ketones is 1. The van der Waals surface area contributed by atoms with Crippen molar-refractivity contribution < 1.29 is 4.79 Å². The summed E-state index contributed by atoms with van der Waals surface area (Å²) < 4.78 is 0. The van der Waals surface area contributed by atoms with E-state index in [-0.39, 0.29) is 11.0 Å². The van der Waals surface area contributed by atoms with Crippen molar-refractivity contribution in [3.8, 4) is 27.8 Å². The summed E-state index contributed by atoms with van der Waals surface area (Å²) >= 11 is 3.09. The molecule has 5 heteroatoms. The van der Waals surface area contributed by atoms with Crippen LogP contribution in [0.25, 0.3) is 21.7 Å². The molecule has 4 rings (SSSR count). The Balaban J connectivity index is 1.84. The zero-order valence-corrected chi connectivity index (χ0v) is 16.4. The number of Topliss-reactive ketones (excluding diaryl/α,β-unsaturated/α-hetero) is 1. The van der Waals surface area contributed by atoms with Gasteiger partial charge < -0.3 is 0 Å².